The quantitative estimate of drug-likeness (QED) is 0.738. The highest BCUT2D eigenvalue weighted by atomic mass is 32.2. The second kappa shape index (κ2) is 4.27. The number of imidazole rings is 1. The number of carboxylic acids is 1. The number of hydrogen-bond acceptors (Lipinski definition) is 4. The van der Waals surface area contributed by atoms with Crippen LogP contribution in [-0.4, -0.2) is 35.5 Å². The molecule has 6 nitrogen and oxygen atoms in total. The Kier molecular flexibility index (Phi) is 2.70. The zero-order chi connectivity index (χ0) is 13.6. The fourth-order valence-corrected chi connectivity index (χ4v) is 2.81. The lowest BCUT2D eigenvalue weighted by molar-refractivity contribution is -0.136. The summed E-state index contributed by atoms with van der Waals surface area (Å²) < 4.78 is 3.83. The van der Waals surface area contributed by atoms with Crippen molar-refractivity contribution in [2.24, 2.45) is 7.05 Å². The minimum atomic E-state index is -0.859. The largest absolute Gasteiger partial charge is 0.480 e. The molecule has 0 spiro atoms. The molecule has 0 aliphatic carbocycles. The average molecular weight is 276 g/mol. The van der Waals surface area contributed by atoms with Crippen LogP contribution in [0.25, 0.3) is 16.8 Å². The van der Waals surface area contributed by atoms with E-state index in [4.69, 9.17) is 5.11 Å². The lowest BCUT2D eigenvalue weighted by Gasteiger charge is -2.02. The number of aryl methyl sites for hydroxylation is 1. The molecule has 0 saturated heterocycles. The first-order chi connectivity index (χ1) is 9.09. The standard InChI is InChI=1S/C12H12N4O2S/c1-7(10(17)18)19-12-14-13-11-15(2)8-5-3-4-6-9(8)16(11)12/h3-7H,1-2H3,(H,17,18). The van der Waals surface area contributed by atoms with Gasteiger partial charge in [0.25, 0.3) is 0 Å². The summed E-state index contributed by atoms with van der Waals surface area (Å²) in [5, 5.41) is 17.2. The molecule has 0 aliphatic heterocycles. The SMILES string of the molecule is CC(Sc1nnc2n(C)c3ccccc3n12)C(=O)O. The third-order valence-electron chi connectivity index (χ3n) is 3.03. The number of nitrogens with zero attached hydrogens (tertiary/aromatic N) is 4. The molecule has 1 unspecified atom stereocenters. The van der Waals surface area contributed by atoms with Crippen molar-refractivity contribution in [3.63, 3.8) is 0 Å². The van der Waals surface area contributed by atoms with E-state index in [2.05, 4.69) is 10.2 Å². The van der Waals surface area contributed by atoms with Crippen molar-refractivity contribution in [1.82, 2.24) is 19.2 Å². The third-order valence-corrected chi connectivity index (χ3v) is 4.06. The number of fused-ring (bicyclic) bond motifs is 3. The van der Waals surface area contributed by atoms with Crippen molar-refractivity contribution < 1.29 is 9.90 Å². The van der Waals surface area contributed by atoms with Gasteiger partial charge in [0.2, 0.25) is 5.78 Å². The van der Waals surface area contributed by atoms with Gasteiger partial charge in [-0.05, 0) is 19.1 Å². The normalized spacial score (nSPS) is 13.2. The lowest BCUT2D eigenvalue weighted by atomic mass is 10.3. The summed E-state index contributed by atoms with van der Waals surface area (Å²) in [6, 6.07) is 7.87. The molecular formula is C12H12N4O2S. The van der Waals surface area contributed by atoms with E-state index in [1.54, 1.807) is 6.92 Å². The molecule has 0 amide bonds. The molecule has 2 aromatic heterocycles. The summed E-state index contributed by atoms with van der Waals surface area (Å²) in [6.45, 7) is 1.64. The number of benzene rings is 1. The fourth-order valence-electron chi connectivity index (χ4n) is 2.02. The number of aliphatic carboxylic acids is 1. The van der Waals surface area contributed by atoms with Crippen molar-refractivity contribution in [1.29, 1.82) is 0 Å². The Morgan fingerprint density at radius 3 is 2.68 bits per heavy atom. The van der Waals surface area contributed by atoms with Gasteiger partial charge in [0.1, 0.15) is 5.25 Å². The molecule has 1 aromatic carbocycles. The molecule has 2 heterocycles. The Morgan fingerprint density at radius 1 is 1.32 bits per heavy atom. The Labute approximate surface area is 113 Å². The van der Waals surface area contributed by atoms with Gasteiger partial charge in [-0.25, -0.2) is 0 Å². The van der Waals surface area contributed by atoms with Gasteiger partial charge in [0.15, 0.2) is 5.16 Å². The zero-order valence-corrected chi connectivity index (χ0v) is 11.3. The highest BCUT2D eigenvalue weighted by molar-refractivity contribution is 8.00. The molecule has 0 aliphatic rings. The predicted octanol–water partition coefficient (Wildman–Crippen LogP) is 1.79. The van der Waals surface area contributed by atoms with Crippen molar-refractivity contribution in [2.45, 2.75) is 17.3 Å². The molecule has 3 rings (SSSR count). The molecule has 7 heteroatoms. The van der Waals surface area contributed by atoms with E-state index in [-0.39, 0.29) is 0 Å². The van der Waals surface area contributed by atoms with E-state index in [0.717, 1.165) is 11.0 Å². The molecule has 19 heavy (non-hydrogen) atoms. The number of thioether (sulfide) groups is 1. The number of carboxylic acid groups (broad SMARTS) is 1. The Morgan fingerprint density at radius 2 is 2.00 bits per heavy atom. The van der Waals surface area contributed by atoms with Crippen LogP contribution in [0.3, 0.4) is 0 Å². The second-order valence-electron chi connectivity index (χ2n) is 4.26. The molecule has 1 N–H and O–H groups in total. The molecule has 0 bridgehead atoms. The number of aromatic nitrogens is 4. The molecular weight excluding hydrogens is 264 g/mol. The summed E-state index contributed by atoms with van der Waals surface area (Å²) in [7, 11) is 1.92. The van der Waals surface area contributed by atoms with Gasteiger partial charge >= 0.3 is 5.97 Å². The van der Waals surface area contributed by atoms with Crippen LogP contribution < -0.4 is 0 Å². The van der Waals surface area contributed by atoms with Gasteiger partial charge in [-0.15, -0.1) is 10.2 Å². The van der Waals surface area contributed by atoms with Crippen LogP contribution in [0.1, 0.15) is 6.92 Å². The van der Waals surface area contributed by atoms with Crippen LogP contribution in [0.5, 0.6) is 0 Å². The lowest BCUT2D eigenvalue weighted by Crippen LogP contribution is -2.11. The van der Waals surface area contributed by atoms with E-state index < -0.39 is 11.2 Å². The van der Waals surface area contributed by atoms with Gasteiger partial charge in [0.05, 0.1) is 11.0 Å². The van der Waals surface area contributed by atoms with Crippen LogP contribution >= 0.6 is 11.8 Å². The van der Waals surface area contributed by atoms with E-state index >= 15 is 0 Å². The van der Waals surface area contributed by atoms with Crippen LogP contribution in [-0.2, 0) is 11.8 Å². The summed E-state index contributed by atoms with van der Waals surface area (Å²) >= 11 is 1.19. The highest BCUT2D eigenvalue weighted by Gasteiger charge is 2.20. The minimum Gasteiger partial charge on any atom is -0.480 e. The van der Waals surface area contributed by atoms with Crippen LogP contribution in [0.2, 0.25) is 0 Å². The number of para-hydroxylation sites is 2. The second-order valence-corrected chi connectivity index (χ2v) is 5.57. The van der Waals surface area contributed by atoms with Crippen LogP contribution in [0, 0.1) is 0 Å². The number of hydrogen-bond donors (Lipinski definition) is 1. The molecule has 1 atom stereocenters. The van der Waals surface area contributed by atoms with Crippen molar-refractivity contribution in [2.75, 3.05) is 0 Å². The maximum absolute atomic E-state index is 10.9. The van der Waals surface area contributed by atoms with E-state index in [1.807, 2.05) is 40.3 Å². The van der Waals surface area contributed by atoms with Gasteiger partial charge < -0.3 is 9.67 Å². The van der Waals surface area contributed by atoms with Gasteiger partial charge in [-0.3, -0.25) is 9.20 Å². The first kappa shape index (κ1) is 12.0. The topological polar surface area (TPSA) is 72.4 Å². The highest BCUT2D eigenvalue weighted by Crippen LogP contribution is 2.27. The van der Waals surface area contributed by atoms with Crippen molar-refractivity contribution in [3.05, 3.63) is 24.3 Å². The van der Waals surface area contributed by atoms with Gasteiger partial charge in [-0.2, -0.15) is 0 Å². The smallest absolute Gasteiger partial charge is 0.316 e. The van der Waals surface area contributed by atoms with Crippen LogP contribution in [0.4, 0.5) is 0 Å². The first-order valence-corrected chi connectivity index (χ1v) is 6.65. The minimum absolute atomic E-state index is 0.564. The molecule has 0 saturated carbocycles. The summed E-state index contributed by atoms with van der Waals surface area (Å²) in [5.41, 5.74) is 2.02. The van der Waals surface area contributed by atoms with Crippen molar-refractivity contribution >= 4 is 34.5 Å². The Balaban J connectivity index is 2.22. The molecule has 0 fully saturated rings. The summed E-state index contributed by atoms with van der Waals surface area (Å²) in [4.78, 5) is 10.9. The fraction of sp³-hybridized carbons (Fsp3) is 0.250. The van der Waals surface area contributed by atoms with Crippen molar-refractivity contribution in [3.8, 4) is 0 Å². The van der Waals surface area contributed by atoms with E-state index in [1.165, 1.54) is 11.8 Å². The average Bonchev–Trinajstić information content (AvgIpc) is 2.92. The molecule has 3 aromatic rings. The monoisotopic (exact) mass is 276 g/mol. The zero-order valence-electron chi connectivity index (χ0n) is 10.4. The summed E-state index contributed by atoms with van der Waals surface area (Å²) in [5.74, 6) is -0.150. The predicted molar refractivity (Wildman–Crippen MR) is 72.4 cm³/mol. The van der Waals surface area contributed by atoms with Crippen LogP contribution in [0.15, 0.2) is 29.4 Å². The van der Waals surface area contributed by atoms with Gasteiger partial charge in [-0.1, -0.05) is 23.9 Å². The number of rotatable bonds is 3. The Bertz CT molecular complexity index is 777. The Hall–Kier alpha value is -2.02. The first-order valence-electron chi connectivity index (χ1n) is 5.77. The van der Waals surface area contributed by atoms with E-state index in [9.17, 15) is 4.79 Å². The van der Waals surface area contributed by atoms with Gasteiger partial charge in [0, 0.05) is 7.05 Å². The molecule has 0 radical (unpaired) electrons. The molecule has 98 valence electrons. The van der Waals surface area contributed by atoms with E-state index in [0.29, 0.717) is 10.9 Å². The summed E-state index contributed by atoms with van der Waals surface area (Å²) in [6.07, 6.45) is 0. The number of carbonyl (C=O) groups is 1. The third kappa shape index (κ3) is 1.77. The maximum atomic E-state index is 10.9. The maximum Gasteiger partial charge on any atom is 0.316 e.